The normalized spacial score (nSPS) is 42.0. The highest BCUT2D eigenvalue weighted by Gasteiger charge is 2.71. The zero-order valence-corrected chi connectivity index (χ0v) is 32.4. The number of rotatable bonds is 8. The molecule has 0 saturated heterocycles. The number of esters is 2. The Morgan fingerprint density at radius 3 is 2.06 bits per heavy atom. The summed E-state index contributed by atoms with van der Waals surface area (Å²) in [4.78, 5) is 37.7. The lowest BCUT2D eigenvalue weighted by atomic mass is 9.32. The molecule has 0 aliphatic heterocycles. The molecular weight excluding hydrogens is 600 g/mol. The molecule has 0 radical (unpaired) electrons. The van der Waals surface area contributed by atoms with Crippen molar-refractivity contribution in [1.29, 1.82) is 0 Å². The van der Waals surface area contributed by atoms with Crippen molar-refractivity contribution >= 4 is 17.9 Å². The van der Waals surface area contributed by atoms with Gasteiger partial charge in [-0.2, -0.15) is 0 Å². The summed E-state index contributed by atoms with van der Waals surface area (Å²) in [5.74, 6) is 1.34. The molecule has 0 bridgehead atoms. The van der Waals surface area contributed by atoms with E-state index in [2.05, 4.69) is 48.1 Å². The molecule has 5 aliphatic rings. The van der Waals surface area contributed by atoms with Crippen LogP contribution in [0.25, 0.3) is 0 Å². The number of carboxylic acids is 1. The lowest BCUT2D eigenvalue weighted by Crippen LogP contribution is -2.66. The number of carboxylic acid groups (broad SMARTS) is 1. The molecule has 1 N–H and O–H groups in total. The number of allylic oxidation sites excluding steroid dienone is 1. The van der Waals surface area contributed by atoms with Gasteiger partial charge in [0.05, 0.1) is 11.8 Å². The zero-order chi connectivity index (χ0) is 35.9. The molecule has 5 fully saturated rings. The van der Waals surface area contributed by atoms with Crippen molar-refractivity contribution in [1.82, 2.24) is 0 Å². The Morgan fingerprint density at radius 2 is 1.46 bits per heavy atom. The van der Waals surface area contributed by atoms with Crippen LogP contribution in [0.1, 0.15) is 160 Å². The highest BCUT2D eigenvalue weighted by Crippen LogP contribution is 2.78. The molecule has 5 aliphatic carbocycles. The predicted molar refractivity (Wildman–Crippen MR) is 190 cm³/mol. The molecule has 6 nitrogen and oxygen atoms in total. The minimum Gasteiger partial charge on any atom is -0.481 e. The molecule has 5 rings (SSSR count). The Hall–Kier alpha value is -1.85. The van der Waals surface area contributed by atoms with Crippen LogP contribution in [0.15, 0.2) is 12.2 Å². The number of ether oxygens (including phenoxy) is 2. The summed E-state index contributed by atoms with van der Waals surface area (Å²) in [5, 5.41) is 9.59. The summed E-state index contributed by atoms with van der Waals surface area (Å²) in [6.07, 6.45) is 12.6. The van der Waals surface area contributed by atoms with E-state index in [9.17, 15) is 19.5 Å². The van der Waals surface area contributed by atoms with Gasteiger partial charge in [-0.25, -0.2) is 0 Å². The minimum absolute atomic E-state index is 0.0563. The van der Waals surface area contributed by atoms with Gasteiger partial charge in [0.1, 0.15) is 11.7 Å². The number of fused-ring (bicyclic) bond motifs is 7. The van der Waals surface area contributed by atoms with Crippen molar-refractivity contribution < 1.29 is 29.0 Å². The maximum atomic E-state index is 13.1. The fourth-order valence-electron chi connectivity index (χ4n) is 13.3. The third kappa shape index (κ3) is 5.99. The van der Waals surface area contributed by atoms with Crippen LogP contribution >= 0.6 is 0 Å². The van der Waals surface area contributed by atoms with E-state index in [0.717, 1.165) is 25.7 Å². The van der Waals surface area contributed by atoms with E-state index in [1.165, 1.54) is 50.5 Å². The van der Waals surface area contributed by atoms with Crippen LogP contribution in [-0.4, -0.2) is 34.7 Å². The van der Waals surface area contributed by atoms with Crippen molar-refractivity contribution in [2.45, 2.75) is 171 Å². The number of aliphatic carboxylic acids is 1. The smallest absolute Gasteiger partial charge is 0.309 e. The monoisotopic (exact) mass is 669 g/mol. The first-order chi connectivity index (χ1) is 21.9. The second-order valence-corrected chi connectivity index (χ2v) is 20.3. The number of carbonyl (C=O) groups excluding carboxylic acids is 2. The molecule has 272 valence electrons. The third-order valence-electron chi connectivity index (χ3n) is 15.9. The topological polar surface area (TPSA) is 89.9 Å². The van der Waals surface area contributed by atoms with Gasteiger partial charge in [0, 0.05) is 11.8 Å². The first-order valence-corrected chi connectivity index (χ1v) is 19.2. The van der Waals surface area contributed by atoms with Crippen LogP contribution in [-0.2, 0) is 23.9 Å². The Labute approximate surface area is 291 Å². The first-order valence-electron chi connectivity index (χ1n) is 19.2. The molecule has 0 aromatic rings. The molecule has 0 amide bonds. The van der Waals surface area contributed by atoms with Crippen LogP contribution in [0, 0.1) is 62.1 Å². The molecule has 48 heavy (non-hydrogen) atoms. The van der Waals surface area contributed by atoms with Crippen molar-refractivity contribution in [3.05, 3.63) is 12.2 Å². The molecule has 5 saturated carbocycles. The third-order valence-corrected chi connectivity index (χ3v) is 15.9. The van der Waals surface area contributed by atoms with E-state index in [4.69, 9.17) is 9.47 Å². The molecule has 6 heteroatoms. The number of carbonyl (C=O) groups is 3. The average molecular weight is 669 g/mol. The van der Waals surface area contributed by atoms with Crippen LogP contribution in [0.3, 0.4) is 0 Å². The number of hydrogen-bond donors (Lipinski definition) is 1. The van der Waals surface area contributed by atoms with Crippen molar-refractivity contribution in [3.8, 4) is 0 Å². The molecular formula is C42H68O6. The second kappa shape index (κ2) is 12.1. The Kier molecular flexibility index (Phi) is 9.46. The van der Waals surface area contributed by atoms with Crippen molar-refractivity contribution in [2.75, 3.05) is 0 Å². The Balaban J connectivity index is 1.39. The SMILES string of the molecule is C=C(C)[C@@H]1CC[C@]2(CCC(=O)OC(C)(C)C)CC[C@]3(C)[C@H](CC[C@@H]4[C@@]5(C)CC[C@H](OC(=O)CC(C)(C)C(=O)O)C(C)(C)[C@@H]5CC[C@]43C)[C@@H]12. The molecule has 0 aromatic heterocycles. The summed E-state index contributed by atoms with van der Waals surface area (Å²) in [5.41, 5.74) is 0.326. The van der Waals surface area contributed by atoms with Gasteiger partial charge >= 0.3 is 17.9 Å². The quantitative estimate of drug-likeness (QED) is 0.205. The van der Waals surface area contributed by atoms with E-state index in [-0.39, 0.29) is 45.6 Å². The van der Waals surface area contributed by atoms with E-state index in [0.29, 0.717) is 36.0 Å². The van der Waals surface area contributed by atoms with Crippen LogP contribution in [0.4, 0.5) is 0 Å². The van der Waals surface area contributed by atoms with Gasteiger partial charge in [-0.3, -0.25) is 14.4 Å². The molecule has 0 unspecified atom stereocenters. The fourth-order valence-corrected chi connectivity index (χ4v) is 13.3. The minimum atomic E-state index is -1.14. The van der Waals surface area contributed by atoms with Crippen molar-refractivity contribution in [2.24, 2.45) is 62.1 Å². The molecule has 0 aromatic carbocycles. The lowest BCUT2D eigenvalue weighted by Gasteiger charge is -2.73. The summed E-state index contributed by atoms with van der Waals surface area (Å²) < 4.78 is 12.0. The van der Waals surface area contributed by atoms with Crippen LogP contribution in [0.2, 0.25) is 0 Å². The summed E-state index contributed by atoms with van der Waals surface area (Å²) >= 11 is 0. The van der Waals surface area contributed by atoms with Crippen LogP contribution in [0.5, 0.6) is 0 Å². The van der Waals surface area contributed by atoms with Gasteiger partial charge in [-0.15, -0.1) is 0 Å². The summed E-state index contributed by atoms with van der Waals surface area (Å²) in [7, 11) is 0. The van der Waals surface area contributed by atoms with E-state index >= 15 is 0 Å². The number of hydrogen-bond acceptors (Lipinski definition) is 5. The second-order valence-electron chi connectivity index (χ2n) is 20.3. The van der Waals surface area contributed by atoms with E-state index < -0.39 is 23.0 Å². The van der Waals surface area contributed by atoms with Gasteiger partial charge in [0.2, 0.25) is 0 Å². The van der Waals surface area contributed by atoms with Gasteiger partial charge in [0.15, 0.2) is 0 Å². The fraction of sp³-hybridized carbons (Fsp3) is 0.881. The van der Waals surface area contributed by atoms with Gasteiger partial charge in [0.25, 0.3) is 0 Å². The molecule has 0 heterocycles. The maximum absolute atomic E-state index is 13.1. The summed E-state index contributed by atoms with van der Waals surface area (Å²) in [6.45, 7) is 28.3. The predicted octanol–water partition coefficient (Wildman–Crippen LogP) is 10.2. The Morgan fingerprint density at radius 1 is 0.792 bits per heavy atom. The maximum Gasteiger partial charge on any atom is 0.309 e. The molecule has 0 spiro atoms. The average Bonchev–Trinajstić information content (AvgIpc) is 3.33. The zero-order valence-electron chi connectivity index (χ0n) is 32.4. The van der Waals surface area contributed by atoms with Gasteiger partial charge in [-0.1, -0.05) is 46.8 Å². The highest BCUT2D eigenvalue weighted by atomic mass is 16.6. The van der Waals surface area contributed by atoms with Gasteiger partial charge in [-0.05, 0) is 163 Å². The van der Waals surface area contributed by atoms with E-state index in [1.807, 2.05) is 20.8 Å². The van der Waals surface area contributed by atoms with Gasteiger partial charge < -0.3 is 14.6 Å². The Bertz CT molecular complexity index is 1310. The van der Waals surface area contributed by atoms with Crippen LogP contribution < -0.4 is 0 Å². The van der Waals surface area contributed by atoms with Crippen molar-refractivity contribution in [3.63, 3.8) is 0 Å². The highest BCUT2D eigenvalue weighted by molar-refractivity contribution is 5.81. The first kappa shape index (κ1) is 37.4. The lowest BCUT2D eigenvalue weighted by molar-refractivity contribution is -0.250. The largest absolute Gasteiger partial charge is 0.481 e. The van der Waals surface area contributed by atoms with E-state index in [1.54, 1.807) is 13.8 Å². The standard InChI is InChI=1S/C42H68O6/c1-26(2)27-15-21-42(22-18-32(43)48-36(3,4)5)24-23-40(11)28(34(27)42)13-14-30-39(10)19-17-31(47-33(44)25-37(6,7)35(45)46)38(8,9)29(39)16-20-41(30,40)12/h27-31,34H,1,13-25H2,2-12H3,(H,45,46)/t27-,28+,29-,30+,31-,34+,39-,40+,41+,42-/m0/s1. The molecule has 10 atom stereocenters. The summed E-state index contributed by atoms with van der Waals surface area (Å²) in [6, 6.07) is 0.